The molecule has 3 aliphatic carbocycles. The lowest BCUT2D eigenvalue weighted by atomic mass is 10.0. The fourth-order valence-electron chi connectivity index (χ4n) is 4.02. The molecule has 0 radical (unpaired) electrons. The maximum absolute atomic E-state index is 12.1. The predicted octanol–water partition coefficient (Wildman–Crippen LogP) is 1.79. The molecule has 18 heavy (non-hydrogen) atoms. The molecular weight excluding hydrogens is 230 g/mol. The average Bonchev–Trinajstić information content (AvgIpc) is 2.90. The maximum Gasteiger partial charge on any atom is 0.306 e. The van der Waals surface area contributed by atoms with Gasteiger partial charge in [0, 0.05) is 12.0 Å². The first-order valence-corrected chi connectivity index (χ1v) is 7.20. The van der Waals surface area contributed by atoms with Crippen LogP contribution in [0.5, 0.6) is 0 Å². The molecule has 3 saturated carbocycles. The Bertz CT molecular complexity index is 356. The lowest BCUT2D eigenvalue weighted by Gasteiger charge is -2.12. The summed E-state index contributed by atoms with van der Waals surface area (Å²) in [5.41, 5.74) is 0. The van der Waals surface area contributed by atoms with Crippen molar-refractivity contribution in [1.29, 1.82) is 0 Å². The van der Waals surface area contributed by atoms with Crippen LogP contribution in [0.3, 0.4) is 0 Å². The molecule has 3 fully saturated rings. The lowest BCUT2D eigenvalue weighted by Crippen LogP contribution is -2.35. The summed E-state index contributed by atoms with van der Waals surface area (Å²) in [5.74, 6) is 0.744. The van der Waals surface area contributed by atoms with Gasteiger partial charge in [0.1, 0.15) is 0 Å². The van der Waals surface area contributed by atoms with Gasteiger partial charge in [-0.05, 0) is 43.9 Å². The van der Waals surface area contributed by atoms with E-state index in [0.29, 0.717) is 24.7 Å². The summed E-state index contributed by atoms with van der Waals surface area (Å²) in [7, 11) is 0. The molecule has 0 aromatic carbocycles. The number of carbonyl (C=O) groups is 2. The molecule has 4 nitrogen and oxygen atoms in total. The van der Waals surface area contributed by atoms with Crippen LogP contribution in [0.4, 0.5) is 0 Å². The van der Waals surface area contributed by atoms with E-state index in [0.717, 1.165) is 6.42 Å². The van der Waals surface area contributed by atoms with E-state index in [9.17, 15) is 9.59 Å². The van der Waals surface area contributed by atoms with E-state index in [4.69, 9.17) is 5.11 Å². The number of carbonyl (C=O) groups excluding carboxylic acids is 1. The van der Waals surface area contributed by atoms with Crippen molar-refractivity contribution in [2.24, 2.45) is 23.7 Å². The molecule has 2 unspecified atom stereocenters. The van der Waals surface area contributed by atoms with Crippen molar-refractivity contribution < 1.29 is 14.7 Å². The third kappa shape index (κ3) is 2.13. The quantitative estimate of drug-likeness (QED) is 0.803. The molecule has 0 spiro atoms. The number of aliphatic carboxylic acids is 1. The molecule has 0 heterocycles. The number of fused-ring (bicyclic) bond motifs is 1. The van der Waals surface area contributed by atoms with Crippen molar-refractivity contribution in [2.75, 3.05) is 0 Å². The minimum absolute atomic E-state index is 0.0984. The molecule has 0 saturated heterocycles. The highest BCUT2D eigenvalue weighted by Crippen LogP contribution is 2.55. The highest BCUT2D eigenvalue weighted by molar-refractivity contribution is 5.82. The van der Waals surface area contributed by atoms with Gasteiger partial charge in [-0.1, -0.05) is 12.8 Å². The summed E-state index contributed by atoms with van der Waals surface area (Å²) in [5, 5.41) is 12.0. The van der Waals surface area contributed by atoms with Crippen LogP contribution < -0.4 is 5.32 Å². The third-order valence-electron chi connectivity index (χ3n) is 5.09. The van der Waals surface area contributed by atoms with E-state index in [1.165, 1.54) is 25.7 Å². The van der Waals surface area contributed by atoms with Crippen LogP contribution in [0.2, 0.25) is 0 Å². The average molecular weight is 251 g/mol. The van der Waals surface area contributed by atoms with Gasteiger partial charge in [-0.15, -0.1) is 0 Å². The van der Waals surface area contributed by atoms with Gasteiger partial charge in [0.25, 0.3) is 0 Å². The first-order valence-electron chi connectivity index (χ1n) is 7.20. The number of amides is 1. The second-order valence-corrected chi connectivity index (χ2v) is 6.19. The molecule has 0 bridgehead atoms. The van der Waals surface area contributed by atoms with E-state index >= 15 is 0 Å². The van der Waals surface area contributed by atoms with Gasteiger partial charge in [-0.3, -0.25) is 9.59 Å². The van der Waals surface area contributed by atoms with Gasteiger partial charge in [-0.25, -0.2) is 0 Å². The van der Waals surface area contributed by atoms with Crippen molar-refractivity contribution in [3.63, 3.8) is 0 Å². The SMILES string of the molecule is O=C(N[C@@H]1CC[C@H](C(=O)O)C1)C1C2CCCCC21. The topological polar surface area (TPSA) is 66.4 Å². The van der Waals surface area contributed by atoms with Crippen molar-refractivity contribution in [2.45, 2.75) is 51.0 Å². The van der Waals surface area contributed by atoms with E-state index in [2.05, 4.69) is 5.32 Å². The highest BCUT2D eigenvalue weighted by atomic mass is 16.4. The first-order chi connectivity index (χ1) is 8.66. The Hall–Kier alpha value is -1.06. The number of carboxylic acid groups (broad SMARTS) is 1. The van der Waals surface area contributed by atoms with E-state index in [1.54, 1.807) is 0 Å². The van der Waals surface area contributed by atoms with Crippen LogP contribution in [0.25, 0.3) is 0 Å². The molecule has 2 N–H and O–H groups in total. The maximum atomic E-state index is 12.1. The van der Waals surface area contributed by atoms with E-state index in [1.807, 2.05) is 0 Å². The Kier molecular flexibility index (Phi) is 3.04. The summed E-state index contributed by atoms with van der Waals surface area (Å²) in [6.45, 7) is 0. The number of nitrogens with one attached hydrogen (secondary N) is 1. The second-order valence-electron chi connectivity index (χ2n) is 6.19. The summed E-state index contributed by atoms with van der Waals surface area (Å²) in [6.07, 6.45) is 7.12. The van der Waals surface area contributed by atoms with E-state index < -0.39 is 5.97 Å². The molecule has 3 rings (SSSR count). The fraction of sp³-hybridized carbons (Fsp3) is 0.857. The van der Waals surface area contributed by atoms with E-state index in [-0.39, 0.29) is 23.8 Å². The molecule has 3 aliphatic rings. The molecule has 0 aromatic rings. The first kappa shape index (κ1) is 12.0. The number of rotatable bonds is 3. The minimum Gasteiger partial charge on any atom is -0.481 e. The van der Waals surface area contributed by atoms with Crippen LogP contribution in [0, 0.1) is 23.7 Å². The smallest absolute Gasteiger partial charge is 0.306 e. The molecule has 0 aromatic heterocycles. The Balaban J connectivity index is 1.49. The normalized spacial score (nSPS) is 42.1. The van der Waals surface area contributed by atoms with Gasteiger partial charge < -0.3 is 10.4 Å². The third-order valence-corrected chi connectivity index (χ3v) is 5.09. The highest BCUT2D eigenvalue weighted by Gasteiger charge is 2.55. The van der Waals surface area contributed by atoms with Crippen LogP contribution in [0.1, 0.15) is 44.9 Å². The van der Waals surface area contributed by atoms with Crippen molar-refractivity contribution >= 4 is 11.9 Å². The Morgan fingerprint density at radius 2 is 1.67 bits per heavy atom. The Morgan fingerprint density at radius 1 is 1.00 bits per heavy atom. The molecule has 4 heteroatoms. The molecule has 0 aliphatic heterocycles. The van der Waals surface area contributed by atoms with Crippen LogP contribution >= 0.6 is 0 Å². The zero-order chi connectivity index (χ0) is 12.7. The monoisotopic (exact) mass is 251 g/mol. The Labute approximate surface area is 107 Å². The summed E-state index contributed by atoms with van der Waals surface area (Å²) in [6, 6.07) is 0.0984. The van der Waals surface area contributed by atoms with Gasteiger partial charge in [0.05, 0.1) is 5.92 Å². The van der Waals surface area contributed by atoms with Gasteiger partial charge in [0.15, 0.2) is 0 Å². The van der Waals surface area contributed by atoms with Gasteiger partial charge in [-0.2, -0.15) is 0 Å². The summed E-state index contributed by atoms with van der Waals surface area (Å²) < 4.78 is 0. The van der Waals surface area contributed by atoms with Crippen LogP contribution in [-0.4, -0.2) is 23.0 Å². The standard InChI is InChI=1S/C14H21NO3/c16-13(12-10-3-1-2-4-11(10)12)15-9-6-5-8(7-9)14(17)18/h8-12H,1-7H2,(H,15,16)(H,17,18)/t8-,9+,10?,11?,12?/m0/s1. The number of carboxylic acids is 1. The fourth-order valence-corrected chi connectivity index (χ4v) is 4.02. The second kappa shape index (κ2) is 4.56. The zero-order valence-corrected chi connectivity index (χ0v) is 10.6. The molecule has 100 valence electrons. The zero-order valence-electron chi connectivity index (χ0n) is 10.6. The lowest BCUT2D eigenvalue weighted by molar-refractivity contribution is -0.141. The molecule has 1 amide bonds. The number of hydrogen-bond acceptors (Lipinski definition) is 2. The van der Waals surface area contributed by atoms with Crippen molar-refractivity contribution in [1.82, 2.24) is 5.32 Å². The van der Waals surface area contributed by atoms with Gasteiger partial charge >= 0.3 is 5.97 Å². The van der Waals surface area contributed by atoms with Crippen molar-refractivity contribution in [3.8, 4) is 0 Å². The van der Waals surface area contributed by atoms with Gasteiger partial charge in [0.2, 0.25) is 5.91 Å². The minimum atomic E-state index is -0.716. The van der Waals surface area contributed by atoms with Crippen LogP contribution in [-0.2, 0) is 9.59 Å². The number of hydrogen-bond donors (Lipinski definition) is 2. The summed E-state index contributed by atoms with van der Waals surface area (Å²) >= 11 is 0. The largest absolute Gasteiger partial charge is 0.481 e. The Morgan fingerprint density at radius 3 is 2.22 bits per heavy atom. The van der Waals surface area contributed by atoms with Crippen LogP contribution in [0.15, 0.2) is 0 Å². The summed E-state index contributed by atoms with van der Waals surface area (Å²) in [4.78, 5) is 23.0. The molecule has 4 atom stereocenters. The molecular formula is C14H21NO3. The van der Waals surface area contributed by atoms with Crippen molar-refractivity contribution in [3.05, 3.63) is 0 Å². The predicted molar refractivity (Wildman–Crippen MR) is 65.8 cm³/mol.